The van der Waals surface area contributed by atoms with E-state index in [0.717, 1.165) is 22.3 Å². The molecule has 2 aliphatic rings. The fraction of sp³-hybridized carbons (Fsp3) is 0.488. The SMILES string of the molecule is CCCC[C@H](NC(=O)[C@H](Cc1ccc(OC(C)(C)C)cc1)NC(=O)[C@@H](NC(=O)[C@H](CCCN=C(N)NS(=O)(=O)c1c(C)c(C)c2c(c1C)CCC(C)(C)O2)NC(=O)[C@@H](N)CC(=O)O)C(C)C)C(=O)N[C@@H](Cc1cn(C(c2ccccc2)(c2ccccc2)c2ccccc2)cn1)C(=O)N1CCC[C@H]1C(=O)N[C@@H](CC(C)C)C(=O)O. The van der Waals surface area contributed by atoms with Gasteiger partial charge in [-0.3, -0.25) is 43.3 Å². The molecule has 13 N–H and O–H groups in total. The van der Waals surface area contributed by atoms with Crippen LogP contribution >= 0.6 is 0 Å². The molecular weight excluding hydrogens is 1460 g/mol. The highest BCUT2D eigenvalue weighted by molar-refractivity contribution is 7.90. The van der Waals surface area contributed by atoms with Crippen LogP contribution in [-0.4, -0.2) is 165 Å². The minimum Gasteiger partial charge on any atom is -0.488 e. The number of likely N-dealkylation sites (tertiary alicyclic amines) is 1. The summed E-state index contributed by atoms with van der Waals surface area (Å²) in [6.45, 7) is 23.5. The van der Waals surface area contributed by atoms with Crippen LogP contribution < -0.4 is 57.6 Å². The standard InChI is InChI=1S/C84H113N13O15S/c1-14-15-33-63(74(101)92-66(79(106)97-43-26-35-68(97)77(104)93-67(80(107)108)44-50(2)3)46-59-48-96(49-88-59)84(56-27-19-16-20-28-56,57-29-21-17-22-30-57)58-31-23-18-24-32-58)90-76(103)65(45-55-36-38-60(39-37-55)111-82(9,10)11)91-78(105)70(51(4)5)94-75(102)64(89-73(100)62(85)47-69(98)99)34-25-42-87-81(86)95-113(109,110)72-53(7)52(6)71-61(54(72)8)40-41-83(12,13)112-71/h16-24,27-32,36-39,48-51,62-68,70H,14-15,25-26,33-35,40-47,85H2,1-13H3,(H,89,100)(H,90,103)(H,91,105)(H,92,101)(H,93,104)(H,94,102)(H,98,99)(H,107,108)(H3,86,87,95)/t62-,63-,64-,65-,66-,67-,68-,70-/m0/s1. The maximum Gasteiger partial charge on any atom is 0.326 e. The number of unbranched alkanes of at least 4 members (excludes halogenated alkanes) is 1. The normalized spacial score (nSPS) is 16.2. The summed E-state index contributed by atoms with van der Waals surface area (Å²) in [4.78, 5) is 139. The molecule has 1 aromatic heterocycles. The van der Waals surface area contributed by atoms with Gasteiger partial charge < -0.3 is 72.5 Å². The number of ether oxygens (including phenoxy) is 2. The molecule has 5 aromatic carbocycles. The maximum atomic E-state index is 15.6. The molecule has 610 valence electrons. The number of sulfonamides is 1. The molecule has 28 nitrogen and oxygen atoms in total. The van der Waals surface area contributed by atoms with Gasteiger partial charge in [-0.25, -0.2) is 22.9 Å². The van der Waals surface area contributed by atoms with Crippen molar-refractivity contribution < 1.29 is 71.3 Å². The van der Waals surface area contributed by atoms with Crippen molar-refractivity contribution in [2.75, 3.05) is 13.1 Å². The maximum absolute atomic E-state index is 15.6. The smallest absolute Gasteiger partial charge is 0.326 e. The predicted octanol–water partition coefficient (Wildman–Crippen LogP) is 7.47. The molecule has 0 aliphatic carbocycles. The highest BCUT2D eigenvalue weighted by Crippen LogP contribution is 2.43. The van der Waals surface area contributed by atoms with Gasteiger partial charge in [-0.1, -0.05) is 151 Å². The van der Waals surface area contributed by atoms with Crippen molar-refractivity contribution in [2.24, 2.45) is 28.3 Å². The summed E-state index contributed by atoms with van der Waals surface area (Å²) in [7, 11) is -4.31. The Morgan fingerprint density at radius 3 is 1.79 bits per heavy atom. The molecule has 113 heavy (non-hydrogen) atoms. The third kappa shape index (κ3) is 23.0. The number of fused-ring (bicyclic) bond motifs is 1. The van der Waals surface area contributed by atoms with E-state index in [1.807, 2.05) is 157 Å². The Morgan fingerprint density at radius 1 is 0.690 bits per heavy atom. The average molecular weight is 1580 g/mol. The molecule has 0 radical (unpaired) electrons. The number of nitrogens with two attached hydrogens (primary N) is 2. The van der Waals surface area contributed by atoms with Crippen molar-refractivity contribution in [3.8, 4) is 11.5 Å². The summed E-state index contributed by atoms with van der Waals surface area (Å²) in [5.74, 6) is -8.54. The van der Waals surface area contributed by atoms with Crippen LogP contribution in [0.15, 0.2) is 138 Å². The van der Waals surface area contributed by atoms with Gasteiger partial charge in [0.05, 0.1) is 29.4 Å². The lowest BCUT2D eigenvalue weighted by atomic mass is 9.77. The summed E-state index contributed by atoms with van der Waals surface area (Å²) >= 11 is 0. The number of rotatable bonds is 37. The van der Waals surface area contributed by atoms with E-state index in [4.69, 9.17) is 25.9 Å². The zero-order valence-electron chi connectivity index (χ0n) is 67.1. The fourth-order valence-corrected chi connectivity index (χ4v) is 16.1. The molecule has 0 spiro atoms. The van der Waals surface area contributed by atoms with E-state index in [2.05, 4.69) is 41.6 Å². The molecule has 8 atom stereocenters. The number of carboxylic acid groups (broad SMARTS) is 2. The number of amides is 7. The van der Waals surface area contributed by atoms with Crippen LogP contribution in [0.2, 0.25) is 0 Å². The van der Waals surface area contributed by atoms with Crippen molar-refractivity contribution in [1.29, 1.82) is 0 Å². The first kappa shape index (κ1) is 87.9. The molecule has 1 fully saturated rings. The first-order valence-electron chi connectivity index (χ1n) is 38.8. The van der Waals surface area contributed by atoms with E-state index in [1.54, 1.807) is 65.2 Å². The molecule has 0 bridgehead atoms. The lowest BCUT2D eigenvalue weighted by Crippen LogP contribution is -2.61. The van der Waals surface area contributed by atoms with Crippen molar-refractivity contribution in [1.82, 2.24) is 51.1 Å². The van der Waals surface area contributed by atoms with Gasteiger partial charge in [-0.15, -0.1) is 0 Å². The molecule has 7 amide bonds. The van der Waals surface area contributed by atoms with Crippen molar-refractivity contribution in [2.45, 2.75) is 243 Å². The number of imidazole rings is 1. The number of guanidine groups is 1. The van der Waals surface area contributed by atoms with E-state index < -0.39 is 147 Å². The van der Waals surface area contributed by atoms with Crippen molar-refractivity contribution >= 4 is 69.3 Å². The highest BCUT2D eigenvalue weighted by Gasteiger charge is 2.44. The number of carbonyl (C=O) groups excluding carboxylic acids is 7. The number of hydrogen-bond acceptors (Lipinski definition) is 16. The van der Waals surface area contributed by atoms with Gasteiger partial charge in [-0.2, -0.15) is 0 Å². The molecule has 0 unspecified atom stereocenters. The molecule has 2 aliphatic heterocycles. The first-order valence-corrected chi connectivity index (χ1v) is 40.3. The number of carbonyl (C=O) groups is 9. The molecule has 6 aromatic rings. The molecule has 8 rings (SSSR count). The Kier molecular flexibility index (Phi) is 30.1. The second-order valence-corrected chi connectivity index (χ2v) is 33.4. The van der Waals surface area contributed by atoms with Crippen molar-refractivity contribution in [3.63, 3.8) is 0 Å². The van der Waals surface area contributed by atoms with Crippen molar-refractivity contribution in [3.05, 3.63) is 178 Å². The molecule has 29 heteroatoms. The Labute approximate surface area is 662 Å². The summed E-state index contributed by atoms with van der Waals surface area (Å²) in [6, 6.07) is 25.1. The number of nitrogens with one attached hydrogen (secondary N) is 7. The van der Waals surface area contributed by atoms with Gasteiger partial charge in [0.25, 0.3) is 10.0 Å². The van der Waals surface area contributed by atoms with E-state index >= 15 is 19.2 Å². The summed E-state index contributed by atoms with van der Waals surface area (Å²) in [5.41, 5.74) is 16.1. The fourth-order valence-electron chi connectivity index (χ4n) is 14.6. The van der Waals surface area contributed by atoms with Crippen LogP contribution in [-0.2, 0) is 78.0 Å². The van der Waals surface area contributed by atoms with E-state index in [9.17, 15) is 42.6 Å². The number of aliphatic carboxylic acids is 2. The van der Waals surface area contributed by atoms with Crippen LogP contribution in [0.4, 0.5) is 0 Å². The second kappa shape index (κ2) is 38.7. The monoisotopic (exact) mass is 1580 g/mol. The third-order valence-electron chi connectivity index (χ3n) is 20.4. The minimum absolute atomic E-state index is 0.0305. The molecule has 0 saturated carbocycles. The van der Waals surface area contributed by atoms with Gasteiger partial charge in [-0.05, 0) is 175 Å². The number of aliphatic imine (C=N–C) groups is 1. The quantitative estimate of drug-likeness (QED) is 0.00779. The average Bonchev–Trinajstić information content (AvgIpc) is 1.72. The molecule has 1 saturated heterocycles. The van der Waals surface area contributed by atoms with Gasteiger partial charge in [0.1, 0.15) is 70.5 Å². The number of benzene rings is 5. The van der Waals surface area contributed by atoms with Gasteiger partial charge in [0.2, 0.25) is 47.3 Å². The Morgan fingerprint density at radius 2 is 1.24 bits per heavy atom. The second-order valence-electron chi connectivity index (χ2n) is 31.8. The Balaban J connectivity index is 1.09. The molecular formula is C84H113N13O15S. The summed E-state index contributed by atoms with van der Waals surface area (Å²) < 4.78 is 44.9. The van der Waals surface area contributed by atoms with Crippen LogP contribution in [0.5, 0.6) is 11.5 Å². The van der Waals surface area contributed by atoms with Gasteiger partial charge >= 0.3 is 11.9 Å². The lowest BCUT2D eigenvalue weighted by Gasteiger charge is -2.37. The molecule has 3 heterocycles. The number of nitrogens with zero attached hydrogens (tertiary/aromatic N) is 4. The number of hydrogen-bond donors (Lipinski definition) is 11. The third-order valence-corrected chi connectivity index (χ3v) is 22.0. The van der Waals surface area contributed by atoms with E-state index in [-0.39, 0.29) is 68.8 Å². The van der Waals surface area contributed by atoms with Crippen LogP contribution in [0.25, 0.3) is 0 Å². The van der Waals surface area contributed by atoms with Crippen LogP contribution in [0.1, 0.15) is 184 Å². The van der Waals surface area contributed by atoms with Gasteiger partial charge in [0, 0.05) is 32.1 Å². The van der Waals surface area contributed by atoms with Gasteiger partial charge in [0.15, 0.2) is 0 Å². The Hall–Kier alpha value is -10.7. The van der Waals surface area contributed by atoms with Crippen LogP contribution in [0, 0.1) is 32.6 Å². The minimum atomic E-state index is -4.31. The predicted molar refractivity (Wildman–Crippen MR) is 429 cm³/mol. The van der Waals surface area contributed by atoms with E-state index in [0.29, 0.717) is 71.6 Å². The largest absolute Gasteiger partial charge is 0.488 e. The number of carboxylic acids is 2. The van der Waals surface area contributed by atoms with E-state index in [1.165, 1.54) is 4.90 Å². The zero-order chi connectivity index (χ0) is 82.9. The van der Waals surface area contributed by atoms with Crippen LogP contribution in [0.3, 0.4) is 0 Å². The number of aromatic nitrogens is 2. The first-order chi connectivity index (χ1) is 53.3. The topological polar surface area (TPSA) is 416 Å². The lowest BCUT2D eigenvalue weighted by molar-refractivity contribution is -0.145. The highest BCUT2D eigenvalue weighted by atomic mass is 32.2. The summed E-state index contributed by atoms with van der Waals surface area (Å²) in [5, 5.41) is 36.3. The zero-order valence-corrected chi connectivity index (χ0v) is 67.9. The summed E-state index contributed by atoms with van der Waals surface area (Å²) in [6.07, 6.45) is 4.89. The Bertz CT molecular complexity index is 4390.